The molecule has 0 bridgehead atoms. The first-order chi connectivity index (χ1) is 23.7. The van der Waals surface area contributed by atoms with Crippen LogP contribution >= 0.6 is 15.9 Å². The summed E-state index contributed by atoms with van der Waals surface area (Å²) >= 11 is 3.41. The first-order valence-corrected chi connectivity index (χ1v) is 18.4. The fourth-order valence-corrected chi connectivity index (χ4v) is 8.38. The van der Waals surface area contributed by atoms with E-state index in [4.69, 9.17) is 4.74 Å². The number of piperazine rings is 1. The first kappa shape index (κ1) is 35.4. The number of fused-ring (bicyclic) bond motifs is 1. The van der Waals surface area contributed by atoms with Crippen molar-refractivity contribution in [1.82, 2.24) is 24.5 Å². The van der Waals surface area contributed by atoms with E-state index in [-0.39, 0.29) is 36.8 Å². The van der Waals surface area contributed by atoms with Gasteiger partial charge in [0.15, 0.2) is 6.10 Å². The maximum atomic E-state index is 14.0. The quantitative estimate of drug-likeness (QED) is 0.374. The van der Waals surface area contributed by atoms with Crippen LogP contribution in [0.15, 0.2) is 40.9 Å². The van der Waals surface area contributed by atoms with Crippen LogP contribution in [-0.2, 0) is 22.4 Å². The maximum absolute atomic E-state index is 14.0. The summed E-state index contributed by atoms with van der Waals surface area (Å²) in [5.41, 5.74) is 3.42. The molecule has 1 atom stereocenters. The first-order valence-electron chi connectivity index (χ1n) is 17.6. The Hall–Kier alpha value is -3.39. The number of aliphatic hydroxyl groups is 1. The lowest BCUT2D eigenvalue weighted by atomic mass is 10.0. The molecule has 2 aromatic carbocycles. The number of carbonyl (C=O) groups is 3. The number of amides is 4. The second kappa shape index (κ2) is 16.1. The van der Waals surface area contributed by atoms with Crippen molar-refractivity contribution < 1.29 is 29.3 Å². The third-order valence-electron chi connectivity index (χ3n) is 10.7. The highest BCUT2D eigenvalue weighted by Gasteiger charge is 2.36. The number of halogens is 1. The Balaban J connectivity index is 1.07. The Morgan fingerprint density at radius 3 is 2.33 bits per heavy atom. The highest BCUT2D eigenvalue weighted by molar-refractivity contribution is 9.10. The van der Waals surface area contributed by atoms with Crippen molar-refractivity contribution >= 4 is 39.6 Å². The van der Waals surface area contributed by atoms with Crippen molar-refractivity contribution in [2.45, 2.75) is 63.6 Å². The molecule has 3 N–H and O–H groups in total. The number of urea groups is 1. The topological polar surface area (TPSA) is 129 Å². The van der Waals surface area contributed by atoms with Gasteiger partial charge in [0, 0.05) is 76.5 Å². The number of hydrogen-bond donors (Lipinski definition) is 3. The molecule has 13 heteroatoms. The van der Waals surface area contributed by atoms with Crippen LogP contribution in [0, 0.1) is 6.92 Å². The summed E-state index contributed by atoms with van der Waals surface area (Å²) in [5, 5.41) is 22.6. The minimum absolute atomic E-state index is 0.00586. The van der Waals surface area contributed by atoms with Crippen LogP contribution < -0.4 is 5.32 Å². The highest BCUT2D eigenvalue weighted by atomic mass is 79.9. The number of carbonyl (C=O) groups excluding carboxylic acids is 3. The van der Waals surface area contributed by atoms with Gasteiger partial charge in [0.05, 0.1) is 11.1 Å². The number of aryl methyl sites for hydroxylation is 1. The molecule has 0 radical (unpaired) electrons. The predicted molar refractivity (Wildman–Crippen MR) is 190 cm³/mol. The number of aromatic hydroxyl groups is 1. The Kier molecular flexibility index (Phi) is 11.6. The Bertz CT molecular complexity index is 1460. The van der Waals surface area contributed by atoms with Crippen LogP contribution in [0.2, 0.25) is 0 Å². The summed E-state index contributed by atoms with van der Waals surface area (Å²) in [5.74, 6) is -0.0601. The predicted octanol–water partition coefficient (Wildman–Crippen LogP) is 3.67. The Morgan fingerprint density at radius 2 is 1.63 bits per heavy atom. The van der Waals surface area contributed by atoms with E-state index in [0.717, 1.165) is 68.8 Å². The second-order valence-electron chi connectivity index (χ2n) is 13.7. The van der Waals surface area contributed by atoms with E-state index in [2.05, 4.69) is 31.0 Å². The van der Waals surface area contributed by atoms with Gasteiger partial charge in [-0.3, -0.25) is 9.69 Å². The van der Waals surface area contributed by atoms with Gasteiger partial charge in [-0.25, -0.2) is 9.59 Å². The number of phenolic OH excluding ortho intramolecular Hbond substituents is 1. The van der Waals surface area contributed by atoms with Crippen LogP contribution in [0.25, 0.3) is 0 Å². The van der Waals surface area contributed by atoms with Crippen LogP contribution in [0.3, 0.4) is 0 Å². The fraction of sp³-hybridized carbons (Fsp3) is 0.583. The summed E-state index contributed by atoms with van der Waals surface area (Å²) in [6.45, 7) is 8.79. The zero-order chi connectivity index (χ0) is 34.5. The van der Waals surface area contributed by atoms with E-state index in [1.807, 2.05) is 40.1 Å². The summed E-state index contributed by atoms with van der Waals surface area (Å²) in [7, 11) is 0. The van der Waals surface area contributed by atoms with Crippen LogP contribution in [0.4, 0.5) is 15.3 Å². The molecule has 0 aromatic heterocycles. The molecule has 0 aliphatic carbocycles. The molecule has 0 spiro atoms. The number of nitrogens with one attached hydrogen (secondary N) is 1. The van der Waals surface area contributed by atoms with E-state index < -0.39 is 12.2 Å². The molecule has 0 unspecified atom stereocenters. The number of para-hydroxylation sites is 1. The largest absolute Gasteiger partial charge is 0.506 e. The van der Waals surface area contributed by atoms with Gasteiger partial charge in [0.25, 0.3) is 5.91 Å². The van der Waals surface area contributed by atoms with Gasteiger partial charge in [0.2, 0.25) is 0 Å². The minimum atomic E-state index is -1.01. The van der Waals surface area contributed by atoms with E-state index in [1.54, 1.807) is 17.9 Å². The standard InChI is InChI=1S/C36H49BrN6O6/c1-25-22-26(23-30(37)33(25)45)24-32(34(46)41-18-16-40(17-19-41)28-7-11-39(12-8-28)20-21-44)49-36(48)42-13-9-29(10-14-42)43-15-6-27-4-2-3-5-31(27)38-35(43)47/h2-5,22-23,28-29,32,44-45H,6-21,24H2,1H3,(H,38,47)/t32-/m1/s1. The normalized spacial score (nSPS) is 20.8. The van der Waals surface area contributed by atoms with Crippen molar-refractivity contribution in [2.75, 3.05) is 77.4 Å². The number of rotatable bonds is 8. The van der Waals surface area contributed by atoms with Gasteiger partial charge >= 0.3 is 12.1 Å². The fourth-order valence-electron chi connectivity index (χ4n) is 7.77. The number of aliphatic hydroxyl groups excluding tert-OH is 1. The zero-order valence-corrected chi connectivity index (χ0v) is 29.9. The number of phenols is 1. The molecule has 4 heterocycles. The van der Waals surface area contributed by atoms with Crippen molar-refractivity contribution in [1.29, 1.82) is 0 Å². The summed E-state index contributed by atoms with van der Waals surface area (Å²) < 4.78 is 6.58. The van der Waals surface area contributed by atoms with Gasteiger partial charge in [-0.05, 0) is 96.9 Å². The molecular formula is C36H49BrN6O6. The molecule has 3 fully saturated rings. The van der Waals surface area contributed by atoms with E-state index in [9.17, 15) is 24.6 Å². The number of hydrogen-bond acceptors (Lipinski definition) is 8. The molecule has 3 saturated heterocycles. The third-order valence-corrected chi connectivity index (χ3v) is 11.3. The molecule has 4 aliphatic rings. The Morgan fingerprint density at radius 1 is 0.939 bits per heavy atom. The van der Waals surface area contributed by atoms with Gasteiger partial charge in [-0.15, -0.1) is 0 Å². The maximum Gasteiger partial charge on any atom is 0.410 e. The number of benzene rings is 2. The van der Waals surface area contributed by atoms with Gasteiger partial charge in [-0.2, -0.15) is 0 Å². The number of anilines is 1. The molecular weight excluding hydrogens is 692 g/mol. The lowest BCUT2D eigenvalue weighted by Crippen LogP contribution is -2.56. The molecule has 266 valence electrons. The van der Waals surface area contributed by atoms with Gasteiger partial charge in [-0.1, -0.05) is 24.3 Å². The summed E-state index contributed by atoms with van der Waals surface area (Å²) in [4.78, 5) is 50.9. The molecule has 4 aliphatic heterocycles. The highest BCUT2D eigenvalue weighted by Crippen LogP contribution is 2.30. The van der Waals surface area contributed by atoms with E-state index in [1.165, 1.54) is 0 Å². The SMILES string of the molecule is Cc1cc(C[C@@H](OC(=O)N2CCC(N3CCc4ccccc4NC3=O)CC2)C(=O)N2CCN(C3CCN(CCO)CC3)CC2)cc(Br)c1O. The van der Waals surface area contributed by atoms with E-state index in [0.29, 0.717) is 61.6 Å². The number of ether oxygens (including phenoxy) is 1. The Labute approximate surface area is 297 Å². The third kappa shape index (κ3) is 8.50. The van der Waals surface area contributed by atoms with Crippen molar-refractivity contribution in [3.05, 3.63) is 57.6 Å². The van der Waals surface area contributed by atoms with Crippen molar-refractivity contribution in [2.24, 2.45) is 0 Å². The smallest absolute Gasteiger partial charge is 0.410 e. The summed E-state index contributed by atoms with van der Waals surface area (Å²) in [6, 6.07) is 11.8. The van der Waals surface area contributed by atoms with E-state index >= 15 is 0 Å². The molecule has 12 nitrogen and oxygen atoms in total. The average Bonchev–Trinajstić information content (AvgIpc) is 3.28. The average molecular weight is 742 g/mol. The summed E-state index contributed by atoms with van der Waals surface area (Å²) in [6.07, 6.45) is 2.79. The monoisotopic (exact) mass is 740 g/mol. The van der Waals surface area contributed by atoms with Gasteiger partial charge in [0.1, 0.15) is 5.75 Å². The molecule has 0 saturated carbocycles. The lowest BCUT2D eigenvalue weighted by Gasteiger charge is -2.43. The number of piperidine rings is 2. The number of nitrogens with zero attached hydrogens (tertiary/aromatic N) is 5. The lowest BCUT2D eigenvalue weighted by molar-refractivity contribution is -0.143. The number of likely N-dealkylation sites (tertiary alicyclic amines) is 2. The van der Waals surface area contributed by atoms with Crippen molar-refractivity contribution in [3.63, 3.8) is 0 Å². The van der Waals surface area contributed by atoms with Gasteiger partial charge < -0.3 is 39.9 Å². The zero-order valence-electron chi connectivity index (χ0n) is 28.4. The number of β-amino-alcohol motifs (C(OH)–C–C–N with tert-alkyl or cyclic N) is 1. The van der Waals surface area contributed by atoms with Crippen LogP contribution in [0.5, 0.6) is 5.75 Å². The second-order valence-corrected chi connectivity index (χ2v) is 14.6. The minimum Gasteiger partial charge on any atom is -0.506 e. The van der Waals surface area contributed by atoms with Crippen LogP contribution in [0.1, 0.15) is 42.4 Å². The molecule has 4 amide bonds. The molecule has 2 aromatic rings. The molecule has 6 rings (SSSR count). The molecule has 49 heavy (non-hydrogen) atoms. The van der Waals surface area contributed by atoms with Crippen molar-refractivity contribution in [3.8, 4) is 5.75 Å². The van der Waals surface area contributed by atoms with Crippen LogP contribution in [-0.4, -0.2) is 143 Å².